The first-order chi connectivity index (χ1) is 15.0. The molecule has 2 aliphatic rings. The molecule has 1 fully saturated rings. The molecule has 9 nitrogen and oxygen atoms in total. The average molecular weight is 439 g/mol. The van der Waals surface area contributed by atoms with Gasteiger partial charge in [0.1, 0.15) is 11.1 Å². The van der Waals surface area contributed by atoms with Crippen molar-refractivity contribution in [3.63, 3.8) is 0 Å². The molecule has 1 saturated heterocycles. The number of benzene rings is 1. The largest absolute Gasteiger partial charge is 0.378 e. The summed E-state index contributed by atoms with van der Waals surface area (Å²) in [6.45, 7) is 2.60. The number of anilines is 2. The van der Waals surface area contributed by atoms with Crippen molar-refractivity contribution in [3.8, 4) is 0 Å². The molecule has 1 aromatic heterocycles. The summed E-state index contributed by atoms with van der Waals surface area (Å²) in [6, 6.07) is 12.6. The number of amidine groups is 1. The molecular formula is C21H22N6O3S. The smallest absolute Gasteiger partial charge is 0.262 e. The van der Waals surface area contributed by atoms with E-state index >= 15 is 0 Å². The van der Waals surface area contributed by atoms with Gasteiger partial charge in [-0.2, -0.15) is 4.99 Å². The zero-order valence-electron chi connectivity index (χ0n) is 16.7. The summed E-state index contributed by atoms with van der Waals surface area (Å²) in [5.41, 5.74) is 6.53. The van der Waals surface area contributed by atoms with E-state index in [2.05, 4.69) is 20.2 Å². The van der Waals surface area contributed by atoms with Crippen LogP contribution in [0.5, 0.6) is 0 Å². The van der Waals surface area contributed by atoms with Crippen LogP contribution in [-0.4, -0.2) is 64.2 Å². The molecule has 2 aromatic rings. The topological polar surface area (TPSA) is 121 Å². The number of aromatic nitrogens is 1. The number of hydrogen-bond donors (Lipinski definition) is 2. The third kappa shape index (κ3) is 5.02. The molecular weight excluding hydrogens is 416 g/mol. The lowest BCUT2D eigenvalue weighted by atomic mass is 10.1. The summed E-state index contributed by atoms with van der Waals surface area (Å²) in [4.78, 5) is 48.9. The highest BCUT2D eigenvalue weighted by atomic mass is 32.2. The fraction of sp³-hybridized carbons (Fsp3) is 0.286. The fourth-order valence-corrected chi connectivity index (χ4v) is 4.33. The van der Waals surface area contributed by atoms with Crippen LogP contribution in [0.2, 0.25) is 0 Å². The summed E-state index contributed by atoms with van der Waals surface area (Å²) in [5.74, 6) is 0.0978. The van der Waals surface area contributed by atoms with Gasteiger partial charge in [-0.05, 0) is 30.3 Å². The number of nitrogens with one attached hydrogen (secondary N) is 1. The quantitative estimate of drug-likeness (QED) is 0.722. The molecule has 160 valence electrons. The third-order valence-electron chi connectivity index (χ3n) is 5.06. The van der Waals surface area contributed by atoms with Gasteiger partial charge in [-0.15, -0.1) is 0 Å². The summed E-state index contributed by atoms with van der Waals surface area (Å²) in [7, 11) is 0. The zero-order valence-corrected chi connectivity index (χ0v) is 17.5. The Labute approximate surface area is 183 Å². The number of amides is 3. The molecule has 0 bridgehead atoms. The maximum Gasteiger partial charge on any atom is 0.262 e. The number of nitrogens with zero attached hydrogens (tertiary/aromatic N) is 4. The van der Waals surface area contributed by atoms with Gasteiger partial charge in [-0.25, -0.2) is 4.98 Å². The second-order valence-corrected chi connectivity index (χ2v) is 8.42. The molecule has 0 radical (unpaired) electrons. The van der Waals surface area contributed by atoms with Crippen molar-refractivity contribution in [1.29, 1.82) is 0 Å². The second-order valence-electron chi connectivity index (χ2n) is 7.20. The number of rotatable bonds is 5. The maximum absolute atomic E-state index is 12.9. The Hall–Kier alpha value is -3.40. The summed E-state index contributed by atoms with van der Waals surface area (Å²) >= 11 is 1.09. The van der Waals surface area contributed by atoms with Gasteiger partial charge in [0.15, 0.2) is 5.17 Å². The fourth-order valence-electron chi connectivity index (χ4n) is 3.50. The minimum atomic E-state index is -0.597. The Bertz CT molecular complexity index is 1020. The van der Waals surface area contributed by atoms with E-state index in [1.54, 1.807) is 35.4 Å². The van der Waals surface area contributed by atoms with Crippen molar-refractivity contribution in [2.24, 2.45) is 10.7 Å². The lowest BCUT2D eigenvalue weighted by Gasteiger charge is -2.35. The lowest BCUT2D eigenvalue weighted by molar-refractivity contribution is -0.121. The van der Waals surface area contributed by atoms with Gasteiger partial charge in [-0.1, -0.05) is 23.9 Å². The highest BCUT2D eigenvalue weighted by molar-refractivity contribution is 8.15. The average Bonchev–Trinajstić information content (AvgIpc) is 3.10. The van der Waals surface area contributed by atoms with E-state index in [1.807, 2.05) is 18.2 Å². The molecule has 3 amide bonds. The molecule has 0 spiro atoms. The molecule has 31 heavy (non-hydrogen) atoms. The minimum absolute atomic E-state index is 0.0264. The van der Waals surface area contributed by atoms with Crippen molar-refractivity contribution in [2.45, 2.75) is 11.7 Å². The Morgan fingerprint density at radius 3 is 2.61 bits per heavy atom. The third-order valence-corrected chi connectivity index (χ3v) is 6.05. The standard InChI is InChI=1S/C21H22N6O3S/c22-21-25-19(29)16(31-21)13-18(28)24-15-5-3-4-14(12-15)20(30)27-10-8-26(9-11-27)17-6-1-2-7-23-17/h1-7,12,16H,8-11,13H2,(H,24,28)(H2,22,25,29)/t16-/m0/s1. The maximum atomic E-state index is 12.9. The molecule has 1 aromatic carbocycles. The van der Waals surface area contributed by atoms with Gasteiger partial charge in [0.25, 0.3) is 11.8 Å². The Morgan fingerprint density at radius 2 is 1.94 bits per heavy atom. The van der Waals surface area contributed by atoms with Crippen LogP contribution in [0.1, 0.15) is 16.8 Å². The summed E-state index contributed by atoms with van der Waals surface area (Å²) < 4.78 is 0. The van der Waals surface area contributed by atoms with Crippen molar-refractivity contribution >= 4 is 46.2 Å². The first kappa shape index (κ1) is 20.9. The SMILES string of the molecule is NC1=NC(=O)[C@H](CC(=O)Nc2cccc(C(=O)N3CCN(c4ccccn4)CC3)c2)S1. The number of pyridine rings is 1. The van der Waals surface area contributed by atoms with Crippen LogP contribution in [0.4, 0.5) is 11.5 Å². The molecule has 3 heterocycles. The zero-order chi connectivity index (χ0) is 21.8. The van der Waals surface area contributed by atoms with Crippen LogP contribution in [0.15, 0.2) is 53.7 Å². The van der Waals surface area contributed by atoms with Crippen LogP contribution in [0.25, 0.3) is 0 Å². The van der Waals surface area contributed by atoms with Crippen LogP contribution in [0, 0.1) is 0 Å². The van der Waals surface area contributed by atoms with E-state index in [-0.39, 0.29) is 23.4 Å². The number of carbonyl (C=O) groups is 3. The monoisotopic (exact) mass is 438 g/mol. The van der Waals surface area contributed by atoms with E-state index in [0.29, 0.717) is 37.4 Å². The molecule has 0 saturated carbocycles. The Kier molecular flexibility index (Phi) is 6.17. The van der Waals surface area contributed by atoms with E-state index in [1.165, 1.54) is 0 Å². The molecule has 4 rings (SSSR count). The molecule has 0 aliphatic carbocycles. The van der Waals surface area contributed by atoms with Gasteiger partial charge < -0.3 is 20.9 Å². The Morgan fingerprint density at radius 1 is 1.13 bits per heavy atom. The number of carbonyl (C=O) groups excluding carboxylic acids is 3. The van der Waals surface area contributed by atoms with Crippen molar-refractivity contribution < 1.29 is 14.4 Å². The van der Waals surface area contributed by atoms with Gasteiger partial charge in [0, 0.05) is 50.0 Å². The summed E-state index contributed by atoms with van der Waals surface area (Å²) in [5, 5.41) is 2.33. The number of piperazine rings is 1. The van der Waals surface area contributed by atoms with Gasteiger partial charge in [-0.3, -0.25) is 14.4 Å². The second kappa shape index (κ2) is 9.17. The predicted octanol–water partition coefficient (Wildman–Crippen LogP) is 1.33. The number of aliphatic imine (C=N–C) groups is 1. The lowest BCUT2D eigenvalue weighted by Crippen LogP contribution is -2.49. The minimum Gasteiger partial charge on any atom is -0.378 e. The van der Waals surface area contributed by atoms with E-state index in [9.17, 15) is 14.4 Å². The first-order valence-electron chi connectivity index (χ1n) is 9.89. The van der Waals surface area contributed by atoms with Crippen molar-refractivity contribution in [2.75, 3.05) is 36.4 Å². The highest BCUT2D eigenvalue weighted by Gasteiger charge is 2.29. The van der Waals surface area contributed by atoms with Crippen LogP contribution in [-0.2, 0) is 9.59 Å². The van der Waals surface area contributed by atoms with Crippen molar-refractivity contribution in [1.82, 2.24) is 9.88 Å². The molecule has 2 aliphatic heterocycles. The van der Waals surface area contributed by atoms with Gasteiger partial charge >= 0.3 is 0 Å². The van der Waals surface area contributed by atoms with Crippen LogP contribution < -0.4 is 16.0 Å². The number of nitrogens with two attached hydrogens (primary N) is 1. The van der Waals surface area contributed by atoms with E-state index in [0.717, 1.165) is 17.6 Å². The highest BCUT2D eigenvalue weighted by Crippen LogP contribution is 2.23. The van der Waals surface area contributed by atoms with E-state index in [4.69, 9.17) is 5.73 Å². The number of thioether (sulfide) groups is 1. The predicted molar refractivity (Wildman–Crippen MR) is 120 cm³/mol. The molecule has 10 heteroatoms. The normalized spacial score (nSPS) is 18.6. The van der Waals surface area contributed by atoms with Crippen LogP contribution in [0.3, 0.4) is 0 Å². The molecule has 0 unspecified atom stereocenters. The van der Waals surface area contributed by atoms with Gasteiger partial charge in [0.05, 0.1) is 0 Å². The summed E-state index contributed by atoms with van der Waals surface area (Å²) in [6.07, 6.45) is 1.73. The van der Waals surface area contributed by atoms with Crippen LogP contribution >= 0.6 is 11.8 Å². The first-order valence-corrected chi connectivity index (χ1v) is 10.8. The molecule has 3 N–H and O–H groups in total. The number of hydrogen-bond acceptors (Lipinski definition) is 7. The van der Waals surface area contributed by atoms with Gasteiger partial charge in [0.2, 0.25) is 5.91 Å². The van der Waals surface area contributed by atoms with Crippen molar-refractivity contribution in [3.05, 3.63) is 54.2 Å². The molecule has 1 atom stereocenters. The Balaban J connectivity index is 1.33. The van der Waals surface area contributed by atoms with E-state index < -0.39 is 11.2 Å².